The summed E-state index contributed by atoms with van der Waals surface area (Å²) in [6, 6.07) is 1.99. The van der Waals surface area contributed by atoms with Gasteiger partial charge in [0, 0.05) is 44.7 Å². The van der Waals surface area contributed by atoms with Crippen LogP contribution in [0, 0.1) is 12.8 Å². The van der Waals surface area contributed by atoms with Gasteiger partial charge in [-0.15, -0.1) is 0 Å². The smallest absolute Gasteiger partial charge is 0.323 e. The summed E-state index contributed by atoms with van der Waals surface area (Å²) in [5.74, 6) is 2.24. The van der Waals surface area contributed by atoms with Gasteiger partial charge < -0.3 is 9.42 Å². The van der Waals surface area contributed by atoms with E-state index in [-0.39, 0.29) is 12.1 Å². The molecular formula is C16H24N6O2. The van der Waals surface area contributed by atoms with E-state index >= 15 is 0 Å². The minimum Gasteiger partial charge on any atom is -0.340 e. The Bertz CT molecular complexity index is 692. The van der Waals surface area contributed by atoms with Crippen molar-refractivity contribution in [2.75, 3.05) is 18.4 Å². The molecule has 0 unspecified atom stereocenters. The molecule has 0 radical (unpaired) electrons. The highest BCUT2D eigenvalue weighted by Crippen LogP contribution is 2.20. The molecule has 0 aliphatic carbocycles. The third-order valence-electron chi connectivity index (χ3n) is 4.22. The van der Waals surface area contributed by atoms with E-state index in [1.807, 2.05) is 35.7 Å². The number of likely N-dealkylation sites (tertiary alicyclic amines) is 1. The normalized spacial score (nSPS) is 18.2. The maximum Gasteiger partial charge on any atom is 0.323 e. The van der Waals surface area contributed by atoms with Gasteiger partial charge in [-0.1, -0.05) is 5.16 Å². The topological polar surface area (TPSA) is 89.1 Å². The predicted octanol–water partition coefficient (Wildman–Crippen LogP) is 2.64. The summed E-state index contributed by atoms with van der Waals surface area (Å²) in [6.07, 6.45) is 4.66. The van der Waals surface area contributed by atoms with Crippen molar-refractivity contribution in [3.05, 3.63) is 24.0 Å². The van der Waals surface area contributed by atoms with Crippen LogP contribution in [0.2, 0.25) is 0 Å². The number of piperidine rings is 1. The molecule has 0 bridgehead atoms. The summed E-state index contributed by atoms with van der Waals surface area (Å²) in [4.78, 5) is 18.6. The van der Waals surface area contributed by atoms with Crippen molar-refractivity contribution >= 4 is 11.8 Å². The molecule has 2 amide bonds. The lowest BCUT2D eigenvalue weighted by molar-refractivity contribution is 0.176. The lowest BCUT2D eigenvalue weighted by Gasteiger charge is -2.32. The molecule has 1 atom stereocenters. The summed E-state index contributed by atoms with van der Waals surface area (Å²) >= 11 is 0. The van der Waals surface area contributed by atoms with Gasteiger partial charge in [-0.2, -0.15) is 10.1 Å². The van der Waals surface area contributed by atoms with E-state index in [1.165, 1.54) is 0 Å². The Balaban J connectivity index is 1.56. The van der Waals surface area contributed by atoms with Gasteiger partial charge in [0.2, 0.25) is 5.89 Å². The first kappa shape index (κ1) is 16.5. The maximum atomic E-state index is 12.5. The number of carbonyl (C=O) groups excluding carboxylic acids is 1. The molecule has 8 heteroatoms. The SMILES string of the molecule is Cc1nc(C[C@H]2CCCN(C(=O)Nc3ccn(C(C)C)n3)C2)no1. The Hall–Kier alpha value is -2.38. The Morgan fingerprint density at radius 2 is 2.33 bits per heavy atom. The van der Waals surface area contributed by atoms with Gasteiger partial charge in [-0.3, -0.25) is 10.00 Å². The van der Waals surface area contributed by atoms with E-state index in [1.54, 1.807) is 6.92 Å². The quantitative estimate of drug-likeness (QED) is 0.929. The number of aryl methyl sites for hydroxylation is 1. The van der Waals surface area contributed by atoms with Gasteiger partial charge in [0.15, 0.2) is 11.6 Å². The molecule has 8 nitrogen and oxygen atoms in total. The zero-order chi connectivity index (χ0) is 17.1. The molecule has 0 aromatic carbocycles. The number of nitrogens with one attached hydrogen (secondary N) is 1. The van der Waals surface area contributed by atoms with Crippen LogP contribution in [0.15, 0.2) is 16.8 Å². The largest absolute Gasteiger partial charge is 0.340 e. The highest BCUT2D eigenvalue weighted by Gasteiger charge is 2.25. The van der Waals surface area contributed by atoms with Crippen LogP contribution in [0.5, 0.6) is 0 Å². The number of urea groups is 1. The fraction of sp³-hybridized carbons (Fsp3) is 0.625. The molecule has 1 fully saturated rings. The number of amides is 2. The molecule has 1 aliphatic rings. The van der Waals surface area contributed by atoms with Crippen LogP contribution in [-0.2, 0) is 6.42 Å². The van der Waals surface area contributed by atoms with E-state index in [9.17, 15) is 4.79 Å². The number of hydrogen-bond donors (Lipinski definition) is 1. The Kier molecular flexibility index (Phi) is 4.82. The Morgan fingerprint density at radius 1 is 1.50 bits per heavy atom. The average molecular weight is 332 g/mol. The number of rotatable bonds is 4. The summed E-state index contributed by atoms with van der Waals surface area (Å²) in [6.45, 7) is 7.34. The third kappa shape index (κ3) is 3.93. The van der Waals surface area contributed by atoms with E-state index < -0.39 is 0 Å². The first-order valence-electron chi connectivity index (χ1n) is 8.41. The van der Waals surface area contributed by atoms with Gasteiger partial charge >= 0.3 is 6.03 Å². The first-order valence-corrected chi connectivity index (χ1v) is 8.41. The minimum absolute atomic E-state index is 0.0991. The number of aromatic nitrogens is 4. The van der Waals surface area contributed by atoms with Crippen molar-refractivity contribution in [1.82, 2.24) is 24.8 Å². The lowest BCUT2D eigenvalue weighted by atomic mass is 9.95. The minimum atomic E-state index is -0.0991. The Morgan fingerprint density at radius 3 is 3.00 bits per heavy atom. The number of anilines is 1. The summed E-state index contributed by atoms with van der Waals surface area (Å²) in [7, 11) is 0. The van der Waals surface area contributed by atoms with Crippen LogP contribution >= 0.6 is 0 Å². The fourth-order valence-corrected chi connectivity index (χ4v) is 2.98. The number of hydrogen-bond acceptors (Lipinski definition) is 5. The second-order valence-corrected chi connectivity index (χ2v) is 6.59. The standard InChI is InChI=1S/C16H24N6O2/c1-11(2)22-8-6-14(19-22)18-16(23)21-7-4-5-13(10-21)9-15-17-12(3)24-20-15/h6,8,11,13H,4-5,7,9-10H2,1-3H3,(H,18,19,23)/t13-/m1/s1. The van der Waals surface area contributed by atoms with E-state index in [0.717, 1.165) is 31.6 Å². The highest BCUT2D eigenvalue weighted by molar-refractivity contribution is 5.88. The molecule has 3 heterocycles. The van der Waals surface area contributed by atoms with E-state index in [4.69, 9.17) is 4.52 Å². The first-order chi connectivity index (χ1) is 11.5. The molecule has 2 aromatic heterocycles. The van der Waals surface area contributed by atoms with Gasteiger partial charge in [0.1, 0.15) is 0 Å². The zero-order valence-electron chi connectivity index (χ0n) is 14.4. The van der Waals surface area contributed by atoms with E-state index in [2.05, 4.69) is 20.6 Å². The monoisotopic (exact) mass is 332 g/mol. The molecule has 1 saturated heterocycles. The van der Waals surface area contributed by atoms with Gasteiger partial charge in [-0.25, -0.2) is 4.79 Å². The van der Waals surface area contributed by atoms with Gasteiger partial charge in [0.25, 0.3) is 0 Å². The molecule has 1 aliphatic heterocycles. The summed E-state index contributed by atoms with van der Waals surface area (Å²) in [5.41, 5.74) is 0. The Labute approximate surface area is 141 Å². The second kappa shape index (κ2) is 7.02. The third-order valence-corrected chi connectivity index (χ3v) is 4.22. The molecule has 1 N–H and O–H groups in total. The number of nitrogens with zero attached hydrogens (tertiary/aromatic N) is 5. The van der Waals surface area contributed by atoms with Gasteiger partial charge in [-0.05, 0) is 32.6 Å². The van der Waals surface area contributed by atoms with Crippen LogP contribution in [0.25, 0.3) is 0 Å². The molecule has 0 spiro atoms. The molecule has 2 aromatic rings. The van der Waals surface area contributed by atoms with Crippen LogP contribution < -0.4 is 5.32 Å². The fourth-order valence-electron chi connectivity index (χ4n) is 2.98. The van der Waals surface area contributed by atoms with Crippen LogP contribution in [-0.4, -0.2) is 43.9 Å². The summed E-state index contributed by atoms with van der Waals surface area (Å²) in [5, 5.41) is 11.2. The van der Waals surface area contributed by atoms with Crippen LogP contribution in [0.1, 0.15) is 44.4 Å². The molecule has 0 saturated carbocycles. The van der Waals surface area contributed by atoms with Crippen LogP contribution in [0.3, 0.4) is 0 Å². The van der Waals surface area contributed by atoms with Crippen molar-refractivity contribution in [3.8, 4) is 0 Å². The maximum absolute atomic E-state index is 12.5. The van der Waals surface area contributed by atoms with Crippen molar-refractivity contribution in [2.45, 2.75) is 46.1 Å². The molecule has 130 valence electrons. The van der Waals surface area contributed by atoms with Crippen molar-refractivity contribution < 1.29 is 9.32 Å². The van der Waals surface area contributed by atoms with Crippen molar-refractivity contribution in [2.24, 2.45) is 5.92 Å². The highest BCUT2D eigenvalue weighted by atomic mass is 16.5. The van der Waals surface area contributed by atoms with E-state index in [0.29, 0.717) is 24.2 Å². The van der Waals surface area contributed by atoms with Crippen molar-refractivity contribution in [1.29, 1.82) is 0 Å². The lowest BCUT2D eigenvalue weighted by Crippen LogP contribution is -2.43. The predicted molar refractivity (Wildman–Crippen MR) is 88.7 cm³/mol. The summed E-state index contributed by atoms with van der Waals surface area (Å²) < 4.78 is 6.84. The average Bonchev–Trinajstić information content (AvgIpc) is 3.17. The molecule has 3 rings (SSSR count). The van der Waals surface area contributed by atoms with Crippen LogP contribution in [0.4, 0.5) is 10.6 Å². The second-order valence-electron chi connectivity index (χ2n) is 6.59. The zero-order valence-corrected chi connectivity index (χ0v) is 14.4. The van der Waals surface area contributed by atoms with Gasteiger partial charge in [0.05, 0.1) is 0 Å². The number of carbonyl (C=O) groups is 1. The molecule has 24 heavy (non-hydrogen) atoms. The van der Waals surface area contributed by atoms with Crippen molar-refractivity contribution in [3.63, 3.8) is 0 Å². The molecular weight excluding hydrogens is 308 g/mol.